The molecule has 0 saturated heterocycles. The van der Waals surface area contributed by atoms with Crippen LogP contribution in [0.1, 0.15) is 17.5 Å². The van der Waals surface area contributed by atoms with Crippen molar-refractivity contribution in [1.29, 1.82) is 0 Å². The highest BCUT2D eigenvalue weighted by molar-refractivity contribution is 5.45. The lowest BCUT2D eigenvalue weighted by Crippen LogP contribution is -2.26. The van der Waals surface area contributed by atoms with Crippen LogP contribution in [-0.2, 0) is 5.41 Å². The number of hydrogen-bond donors (Lipinski definition) is 2. The van der Waals surface area contributed by atoms with Crippen molar-refractivity contribution in [2.24, 2.45) is 5.73 Å². The largest absolute Gasteiger partial charge is 0.508 e. The molecule has 1 aliphatic rings. The average Bonchev–Trinajstić information content (AvgIpc) is 2.75. The number of halogens is 2. The van der Waals surface area contributed by atoms with Gasteiger partial charge in [-0.2, -0.15) is 0 Å². The summed E-state index contributed by atoms with van der Waals surface area (Å²) in [5.74, 6) is -2.69. The van der Waals surface area contributed by atoms with E-state index in [-0.39, 0.29) is 18.7 Å². The van der Waals surface area contributed by atoms with Gasteiger partial charge in [0, 0.05) is 13.0 Å². The third kappa shape index (κ3) is 1.32. The molecule has 1 aromatic carbocycles. The molecule has 0 aliphatic heterocycles. The van der Waals surface area contributed by atoms with E-state index in [0.29, 0.717) is 11.1 Å². The van der Waals surface area contributed by atoms with Crippen molar-refractivity contribution in [2.75, 3.05) is 6.54 Å². The summed E-state index contributed by atoms with van der Waals surface area (Å²) in [4.78, 5) is 0. The molecule has 2 nitrogen and oxygen atoms in total. The van der Waals surface area contributed by atoms with Crippen LogP contribution in [0.25, 0.3) is 0 Å². The molecule has 4 heteroatoms. The number of hydrogen-bond acceptors (Lipinski definition) is 2. The minimum absolute atomic E-state index is 0.0445. The summed E-state index contributed by atoms with van der Waals surface area (Å²) in [6.45, 7) is 1.63. The highest BCUT2D eigenvalue weighted by Crippen LogP contribution is 2.61. The lowest BCUT2D eigenvalue weighted by atomic mass is 9.94. The summed E-state index contributed by atoms with van der Waals surface area (Å²) in [6.07, 6.45) is -0.223. The van der Waals surface area contributed by atoms with E-state index < -0.39 is 11.3 Å². The summed E-state index contributed by atoms with van der Waals surface area (Å²) in [5, 5.41) is 9.47. The van der Waals surface area contributed by atoms with Crippen molar-refractivity contribution in [3.8, 4) is 5.75 Å². The Bertz CT molecular complexity index is 406. The molecule has 3 N–H and O–H groups in total. The molecule has 1 aliphatic carbocycles. The molecular formula is C11H13F2NO. The second-order valence-corrected chi connectivity index (χ2v) is 4.17. The summed E-state index contributed by atoms with van der Waals surface area (Å²) in [7, 11) is 0. The van der Waals surface area contributed by atoms with Crippen LogP contribution in [0.3, 0.4) is 0 Å². The second-order valence-electron chi connectivity index (χ2n) is 4.17. The molecule has 15 heavy (non-hydrogen) atoms. The minimum atomic E-state index is -2.73. The third-order valence-corrected chi connectivity index (χ3v) is 3.21. The molecule has 0 spiro atoms. The molecule has 1 saturated carbocycles. The van der Waals surface area contributed by atoms with Crippen LogP contribution < -0.4 is 5.73 Å². The van der Waals surface area contributed by atoms with Crippen molar-refractivity contribution in [2.45, 2.75) is 24.7 Å². The van der Waals surface area contributed by atoms with E-state index in [4.69, 9.17) is 5.73 Å². The van der Waals surface area contributed by atoms with Gasteiger partial charge in [-0.05, 0) is 24.1 Å². The number of nitrogens with two attached hydrogens (primary N) is 1. The van der Waals surface area contributed by atoms with Crippen molar-refractivity contribution in [1.82, 2.24) is 0 Å². The van der Waals surface area contributed by atoms with E-state index in [2.05, 4.69) is 0 Å². The van der Waals surface area contributed by atoms with Gasteiger partial charge in [-0.15, -0.1) is 0 Å². The van der Waals surface area contributed by atoms with E-state index in [1.807, 2.05) is 0 Å². The van der Waals surface area contributed by atoms with E-state index in [9.17, 15) is 13.9 Å². The van der Waals surface area contributed by atoms with Gasteiger partial charge in [0.05, 0.1) is 5.41 Å². The van der Waals surface area contributed by atoms with Gasteiger partial charge in [0.15, 0.2) is 0 Å². The highest BCUT2D eigenvalue weighted by Gasteiger charge is 2.71. The van der Waals surface area contributed by atoms with E-state index in [1.54, 1.807) is 19.1 Å². The number of phenols is 1. The zero-order chi connectivity index (χ0) is 11.3. The second kappa shape index (κ2) is 2.92. The predicted octanol–water partition coefficient (Wildman–Crippen LogP) is 1.94. The van der Waals surface area contributed by atoms with E-state index in [0.717, 1.165) is 0 Å². The van der Waals surface area contributed by atoms with Crippen LogP contribution in [-0.4, -0.2) is 17.6 Å². The standard InChI is InChI=1S/C11H13F2NO/c1-7-2-3-8(4-9(7)15)10(6-14)5-11(10,12)13/h2-4,15H,5-6,14H2,1H3. The summed E-state index contributed by atoms with van der Waals surface area (Å²) >= 11 is 0. The zero-order valence-electron chi connectivity index (χ0n) is 8.43. The van der Waals surface area contributed by atoms with E-state index >= 15 is 0 Å². The smallest absolute Gasteiger partial charge is 0.260 e. The molecule has 0 bridgehead atoms. The monoisotopic (exact) mass is 213 g/mol. The third-order valence-electron chi connectivity index (χ3n) is 3.21. The first kappa shape index (κ1) is 10.4. The molecule has 1 unspecified atom stereocenters. The molecule has 0 amide bonds. The van der Waals surface area contributed by atoms with Crippen LogP contribution in [0.4, 0.5) is 8.78 Å². The summed E-state index contributed by atoms with van der Waals surface area (Å²) in [5.41, 5.74) is 5.26. The predicted molar refractivity (Wildman–Crippen MR) is 53.1 cm³/mol. The summed E-state index contributed by atoms with van der Waals surface area (Å²) in [6, 6.07) is 4.64. The van der Waals surface area contributed by atoms with Gasteiger partial charge in [0.1, 0.15) is 5.75 Å². The van der Waals surface area contributed by atoms with Crippen LogP contribution in [0.15, 0.2) is 18.2 Å². The van der Waals surface area contributed by atoms with Gasteiger partial charge < -0.3 is 10.8 Å². The number of aromatic hydroxyl groups is 1. The van der Waals surface area contributed by atoms with Gasteiger partial charge >= 0.3 is 0 Å². The number of alkyl halides is 2. The van der Waals surface area contributed by atoms with Crippen molar-refractivity contribution < 1.29 is 13.9 Å². The Morgan fingerprint density at radius 1 is 1.47 bits per heavy atom. The van der Waals surface area contributed by atoms with Crippen molar-refractivity contribution >= 4 is 0 Å². The first-order chi connectivity index (χ1) is 6.93. The van der Waals surface area contributed by atoms with Crippen LogP contribution in [0, 0.1) is 6.92 Å². The maximum Gasteiger partial charge on any atom is 0.260 e. The first-order valence-corrected chi connectivity index (χ1v) is 4.81. The van der Waals surface area contributed by atoms with Gasteiger partial charge in [0.25, 0.3) is 5.92 Å². The molecule has 0 aromatic heterocycles. The molecule has 1 aromatic rings. The van der Waals surface area contributed by atoms with Crippen molar-refractivity contribution in [3.63, 3.8) is 0 Å². The fourth-order valence-electron chi connectivity index (χ4n) is 1.89. The normalized spacial score (nSPS) is 27.7. The average molecular weight is 213 g/mol. The Hall–Kier alpha value is -1.16. The number of phenolic OH excluding ortho intramolecular Hbond substituents is 1. The fraction of sp³-hybridized carbons (Fsp3) is 0.455. The SMILES string of the molecule is Cc1ccc(C2(CN)CC2(F)F)cc1O. The van der Waals surface area contributed by atoms with Gasteiger partial charge in [-0.3, -0.25) is 0 Å². The Labute approximate surface area is 86.7 Å². The molecular weight excluding hydrogens is 200 g/mol. The topological polar surface area (TPSA) is 46.2 Å². The molecule has 1 atom stereocenters. The number of rotatable bonds is 2. The van der Waals surface area contributed by atoms with Crippen LogP contribution >= 0.6 is 0 Å². The molecule has 0 radical (unpaired) electrons. The Kier molecular flexibility index (Phi) is 2.01. The maximum atomic E-state index is 13.2. The van der Waals surface area contributed by atoms with Crippen molar-refractivity contribution in [3.05, 3.63) is 29.3 Å². The minimum Gasteiger partial charge on any atom is -0.508 e. The lowest BCUT2D eigenvalue weighted by molar-refractivity contribution is 0.0896. The Morgan fingerprint density at radius 2 is 2.07 bits per heavy atom. The Morgan fingerprint density at radius 3 is 2.47 bits per heavy atom. The van der Waals surface area contributed by atoms with Gasteiger partial charge in [-0.1, -0.05) is 12.1 Å². The maximum absolute atomic E-state index is 13.2. The van der Waals surface area contributed by atoms with Gasteiger partial charge in [0.2, 0.25) is 0 Å². The Balaban J connectivity index is 2.42. The molecule has 1 fully saturated rings. The quantitative estimate of drug-likeness (QED) is 0.788. The molecule has 82 valence electrons. The van der Waals surface area contributed by atoms with E-state index in [1.165, 1.54) is 6.07 Å². The van der Waals surface area contributed by atoms with Gasteiger partial charge in [-0.25, -0.2) is 8.78 Å². The fourth-order valence-corrected chi connectivity index (χ4v) is 1.89. The number of benzene rings is 1. The number of aryl methyl sites for hydroxylation is 1. The molecule has 0 heterocycles. The highest BCUT2D eigenvalue weighted by atomic mass is 19.3. The lowest BCUT2D eigenvalue weighted by Gasteiger charge is -2.15. The molecule has 2 rings (SSSR count). The first-order valence-electron chi connectivity index (χ1n) is 4.81. The summed E-state index contributed by atoms with van der Waals surface area (Å²) < 4.78 is 26.4. The van der Waals surface area contributed by atoms with Crippen LogP contribution in [0.5, 0.6) is 5.75 Å². The zero-order valence-corrected chi connectivity index (χ0v) is 8.43. The van der Waals surface area contributed by atoms with Crippen LogP contribution in [0.2, 0.25) is 0 Å².